The molecule has 5 aromatic carbocycles. The summed E-state index contributed by atoms with van der Waals surface area (Å²) in [5, 5.41) is 7.15. The van der Waals surface area contributed by atoms with Crippen LogP contribution in [0.3, 0.4) is 0 Å². The first kappa shape index (κ1) is 32.2. The monoisotopic (exact) mass is 913 g/mol. The van der Waals surface area contributed by atoms with Crippen LogP contribution in [-0.2, 0) is 26.5 Å². The SMILES string of the molecule is Cc1cc(-c2[c-]cccc2)nc[c]1[Ge]([CH3])([CH3])[CH3].[2H]C([2H])(c1cc(-c2[c-]ccc3c2sc2c3ccc3ccc4ccccc4c32)ncc1F)C1CC1.[Ir]. The molecular formula is C44H37FGeIrN2S-2. The number of aryl methyl sites for hydroxylation is 1. The Kier molecular flexibility index (Phi) is 9.09. The first-order valence-corrected chi connectivity index (χ1v) is 24.9. The standard InChI is InChI=1S/C29H19FNS.C15H18GeN.Ir/c30-25-16-31-26(15-20(25)14-17-8-9-17)24-7-3-6-22-23-13-12-19-11-10-18-4-1-2-5-21(18)27(19)29(23)32-28(22)24;1-12-10-15(13-8-6-5-7-9-13)17-11-14(12)16(2,3)4;/h1-6,10-13,15-17H,8-9,14H2;5-8,10-11H,1-4H3;/q2*-1;/i14D2;;. The molecule has 1 aliphatic carbocycles. The van der Waals surface area contributed by atoms with Gasteiger partial charge in [0.05, 0.1) is 6.20 Å². The third-order valence-electron chi connectivity index (χ3n) is 9.26. The smallest absolute Gasteiger partial charge is 0.142 e. The molecule has 2 nitrogen and oxygen atoms in total. The van der Waals surface area contributed by atoms with Gasteiger partial charge in [-0.3, -0.25) is 0 Å². The predicted molar refractivity (Wildman–Crippen MR) is 209 cm³/mol. The van der Waals surface area contributed by atoms with Crippen molar-refractivity contribution in [3.63, 3.8) is 0 Å². The van der Waals surface area contributed by atoms with E-state index in [-0.39, 0.29) is 31.6 Å². The van der Waals surface area contributed by atoms with Crippen molar-refractivity contribution in [2.24, 2.45) is 5.92 Å². The Morgan fingerprint density at radius 3 is 2.30 bits per heavy atom. The maximum absolute atomic E-state index is 14.7. The Morgan fingerprint density at radius 1 is 0.800 bits per heavy atom. The Morgan fingerprint density at radius 2 is 1.54 bits per heavy atom. The minimum absolute atomic E-state index is 0. The predicted octanol–water partition coefficient (Wildman–Crippen LogP) is 11.7. The number of hydrogen-bond acceptors (Lipinski definition) is 3. The summed E-state index contributed by atoms with van der Waals surface area (Å²) in [5.74, 6) is 6.50. The van der Waals surface area contributed by atoms with E-state index >= 15 is 0 Å². The van der Waals surface area contributed by atoms with Crippen LogP contribution in [0.2, 0.25) is 17.3 Å². The van der Waals surface area contributed by atoms with Crippen LogP contribution >= 0.6 is 11.3 Å². The van der Waals surface area contributed by atoms with Crippen molar-refractivity contribution in [1.29, 1.82) is 0 Å². The van der Waals surface area contributed by atoms with Gasteiger partial charge in [-0.25, -0.2) is 4.39 Å². The number of halogens is 1. The maximum Gasteiger partial charge on any atom is 0.142 e. The van der Waals surface area contributed by atoms with Crippen molar-refractivity contribution in [3.8, 4) is 22.5 Å². The normalized spacial score (nSPS) is 13.9. The van der Waals surface area contributed by atoms with Gasteiger partial charge in [-0.1, -0.05) is 60.0 Å². The van der Waals surface area contributed by atoms with Gasteiger partial charge in [0, 0.05) is 32.9 Å². The van der Waals surface area contributed by atoms with E-state index < -0.39 is 25.5 Å². The molecule has 1 radical (unpaired) electrons. The van der Waals surface area contributed by atoms with Gasteiger partial charge in [0.15, 0.2) is 0 Å². The van der Waals surface area contributed by atoms with Gasteiger partial charge >= 0.3 is 106 Å². The molecule has 0 bridgehead atoms. The summed E-state index contributed by atoms with van der Waals surface area (Å²) in [7, 11) is 0. The zero-order chi connectivity index (χ0) is 35.5. The van der Waals surface area contributed by atoms with Crippen molar-refractivity contribution in [1.82, 2.24) is 9.97 Å². The van der Waals surface area contributed by atoms with Gasteiger partial charge < -0.3 is 4.98 Å². The maximum atomic E-state index is 14.7. The molecule has 0 saturated heterocycles. The number of fused-ring (bicyclic) bond motifs is 7. The van der Waals surface area contributed by atoms with E-state index in [1.54, 1.807) is 17.4 Å². The van der Waals surface area contributed by atoms with Crippen LogP contribution in [0.5, 0.6) is 0 Å². The Bertz CT molecular complexity index is 2600. The molecule has 0 unspecified atom stereocenters. The Balaban J connectivity index is 0.000000198. The van der Waals surface area contributed by atoms with Crippen LogP contribution in [0.25, 0.3) is 64.2 Å². The Hall–Kier alpha value is -3.74. The van der Waals surface area contributed by atoms with Gasteiger partial charge in [0.25, 0.3) is 0 Å². The third kappa shape index (κ3) is 6.81. The fourth-order valence-electron chi connectivity index (χ4n) is 6.65. The molecule has 3 aromatic heterocycles. The fourth-order valence-corrected chi connectivity index (χ4v) is 11.6. The summed E-state index contributed by atoms with van der Waals surface area (Å²) in [4.78, 5) is 8.96. The average Bonchev–Trinajstić information content (AvgIpc) is 3.93. The fraction of sp³-hybridized carbons (Fsp3) is 0.182. The van der Waals surface area contributed by atoms with E-state index in [0.717, 1.165) is 45.9 Å². The summed E-state index contributed by atoms with van der Waals surface area (Å²) >= 11 is -0.0677. The molecule has 0 N–H and O–H groups in total. The van der Waals surface area contributed by atoms with Crippen molar-refractivity contribution in [3.05, 3.63) is 139 Å². The zero-order valence-electron chi connectivity index (χ0n) is 30.4. The molecule has 0 aliphatic heterocycles. The van der Waals surface area contributed by atoms with Crippen LogP contribution in [0.1, 0.15) is 26.7 Å². The van der Waals surface area contributed by atoms with Crippen molar-refractivity contribution in [2.75, 3.05) is 0 Å². The molecule has 0 atom stereocenters. The number of hydrogen-bond donors (Lipinski definition) is 0. The summed E-state index contributed by atoms with van der Waals surface area (Å²) < 4.78 is 35.4. The first-order chi connectivity index (χ1) is 24.5. The van der Waals surface area contributed by atoms with Gasteiger partial charge in [-0.2, -0.15) is 11.3 Å². The van der Waals surface area contributed by atoms with Crippen LogP contribution < -0.4 is 4.40 Å². The van der Waals surface area contributed by atoms with E-state index in [4.69, 9.17) is 2.74 Å². The van der Waals surface area contributed by atoms with Crippen LogP contribution in [0.4, 0.5) is 4.39 Å². The van der Waals surface area contributed by atoms with Gasteiger partial charge in [-0.15, -0.1) is 23.8 Å². The molecule has 1 saturated carbocycles. The average molecular weight is 912 g/mol. The number of pyridine rings is 2. The number of benzene rings is 5. The number of thiophene rings is 1. The minimum atomic E-state index is -1.77. The number of rotatable bonds is 5. The zero-order valence-corrected chi connectivity index (χ0v) is 33.7. The van der Waals surface area contributed by atoms with Crippen molar-refractivity contribution < 1.29 is 27.2 Å². The molecule has 8 aromatic rings. The molecule has 50 heavy (non-hydrogen) atoms. The Labute approximate surface area is 316 Å². The molecule has 6 heteroatoms. The molecule has 1 aliphatic rings. The summed E-state index contributed by atoms with van der Waals surface area (Å²) in [5.41, 5.74) is 4.93. The summed E-state index contributed by atoms with van der Waals surface area (Å²) in [6.45, 7) is 2.19. The molecule has 9 rings (SSSR count). The topological polar surface area (TPSA) is 25.8 Å². The van der Waals surface area contributed by atoms with Crippen molar-refractivity contribution >= 4 is 70.7 Å². The van der Waals surface area contributed by atoms with E-state index in [1.807, 2.05) is 24.3 Å². The largest absolute Gasteiger partial charge is 0.302 e. The van der Waals surface area contributed by atoms with E-state index in [9.17, 15) is 4.39 Å². The molecule has 0 amide bonds. The van der Waals surface area contributed by atoms with Gasteiger partial charge in [0.2, 0.25) is 0 Å². The second-order valence-corrected chi connectivity index (χ2v) is 25.5. The summed E-state index contributed by atoms with van der Waals surface area (Å²) in [6, 6.07) is 39.4. The minimum Gasteiger partial charge on any atom is -0.302 e. The third-order valence-corrected chi connectivity index (χ3v) is 15.0. The second kappa shape index (κ2) is 14.1. The van der Waals surface area contributed by atoms with Crippen molar-refractivity contribution in [2.45, 2.75) is 43.4 Å². The number of aromatic nitrogens is 2. The van der Waals surface area contributed by atoms with Gasteiger partial charge in [-0.05, 0) is 62.6 Å². The molecule has 251 valence electrons. The molecule has 3 heterocycles. The van der Waals surface area contributed by atoms with Crippen LogP contribution in [0, 0.1) is 30.8 Å². The van der Waals surface area contributed by atoms with Gasteiger partial charge in [0.1, 0.15) is 5.82 Å². The molecule has 1 fully saturated rings. The quantitative estimate of drug-likeness (QED) is 0.0977. The second-order valence-electron chi connectivity index (χ2n) is 13.9. The van der Waals surface area contributed by atoms with Crippen LogP contribution in [-0.4, -0.2) is 23.2 Å². The summed E-state index contributed by atoms with van der Waals surface area (Å²) in [6.07, 6.45) is 3.14. The first-order valence-electron chi connectivity index (χ1n) is 17.8. The molecular weight excluding hydrogens is 872 g/mol. The number of nitrogens with zero attached hydrogens (tertiary/aromatic N) is 2. The molecule has 0 spiro atoms. The van der Waals surface area contributed by atoms with E-state index in [2.05, 4.69) is 119 Å². The van der Waals surface area contributed by atoms with Crippen LogP contribution in [0.15, 0.2) is 109 Å². The van der Waals surface area contributed by atoms with E-state index in [0.29, 0.717) is 5.69 Å². The van der Waals surface area contributed by atoms with E-state index in [1.165, 1.54) is 41.6 Å².